The van der Waals surface area contributed by atoms with Crippen molar-refractivity contribution in [2.45, 2.75) is 33.7 Å². The molecule has 0 spiro atoms. The highest BCUT2D eigenvalue weighted by molar-refractivity contribution is 7.80. The predicted molar refractivity (Wildman–Crippen MR) is 96.2 cm³/mol. The Labute approximate surface area is 132 Å². The maximum Gasteiger partial charge on any atom is 0.178 e. The number of benzene rings is 2. The van der Waals surface area contributed by atoms with E-state index in [1.54, 1.807) is 0 Å². The highest BCUT2D eigenvalue weighted by Crippen LogP contribution is 2.20. The molecule has 1 N–H and O–H groups in total. The quantitative estimate of drug-likeness (QED) is 0.810. The number of anilines is 2. The standard InChI is InChI=1S/C18H22N2S/c1-13(2)20(17-8-6-5-7-9-17)18(21)19-16-11-14(3)10-15(4)12-16/h5-13H,1-4H3,(H,19,21). The van der Waals surface area contributed by atoms with E-state index in [1.165, 1.54) is 11.1 Å². The Hall–Kier alpha value is -1.87. The molecule has 0 saturated heterocycles. The minimum atomic E-state index is 0.290. The monoisotopic (exact) mass is 298 g/mol. The molecule has 2 aromatic carbocycles. The van der Waals surface area contributed by atoms with Gasteiger partial charge < -0.3 is 10.2 Å². The van der Waals surface area contributed by atoms with Crippen molar-refractivity contribution >= 4 is 28.7 Å². The van der Waals surface area contributed by atoms with Crippen LogP contribution in [-0.2, 0) is 0 Å². The maximum atomic E-state index is 5.62. The zero-order chi connectivity index (χ0) is 15.4. The van der Waals surface area contributed by atoms with Crippen molar-refractivity contribution in [3.63, 3.8) is 0 Å². The fourth-order valence-electron chi connectivity index (χ4n) is 2.47. The summed E-state index contributed by atoms with van der Waals surface area (Å²) in [5.41, 5.74) is 4.61. The second kappa shape index (κ2) is 6.72. The van der Waals surface area contributed by atoms with E-state index in [1.807, 2.05) is 18.2 Å². The fourth-order valence-corrected chi connectivity index (χ4v) is 2.90. The Kier molecular flexibility index (Phi) is 4.97. The highest BCUT2D eigenvalue weighted by Gasteiger charge is 2.15. The average molecular weight is 298 g/mol. The van der Waals surface area contributed by atoms with Crippen LogP contribution < -0.4 is 10.2 Å². The van der Waals surface area contributed by atoms with Gasteiger partial charge in [-0.2, -0.15) is 0 Å². The van der Waals surface area contributed by atoms with Crippen LogP contribution in [0.5, 0.6) is 0 Å². The highest BCUT2D eigenvalue weighted by atomic mass is 32.1. The van der Waals surface area contributed by atoms with E-state index in [-0.39, 0.29) is 0 Å². The zero-order valence-corrected chi connectivity index (χ0v) is 13.9. The normalized spacial score (nSPS) is 10.5. The van der Waals surface area contributed by atoms with Crippen LogP contribution in [0.25, 0.3) is 0 Å². The van der Waals surface area contributed by atoms with Gasteiger partial charge in [-0.05, 0) is 75.3 Å². The van der Waals surface area contributed by atoms with Crippen LogP contribution in [-0.4, -0.2) is 11.2 Å². The molecule has 2 aromatic rings. The topological polar surface area (TPSA) is 15.3 Å². The first-order chi connectivity index (χ1) is 9.97. The van der Waals surface area contributed by atoms with Gasteiger partial charge in [0.2, 0.25) is 0 Å². The fraction of sp³-hybridized carbons (Fsp3) is 0.278. The van der Waals surface area contributed by atoms with Gasteiger partial charge in [-0.1, -0.05) is 24.3 Å². The second-order valence-electron chi connectivity index (χ2n) is 5.61. The van der Waals surface area contributed by atoms with Crippen LogP contribution in [0, 0.1) is 13.8 Å². The first-order valence-corrected chi connectivity index (χ1v) is 7.62. The van der Waals surface area contributed by atoms with Crippen LogP contribution in [0.1, 0.15) is 25.0 Å². The summed E-state index contributed by atoms with van der Waals surface area (Å²) in [5.74, 6) is 0. The zero-order valence-electron chi connectivity index (χ0n) is 13.1. The molecule has 2 rings (SSSR count). The summed E-state index contributed by atoms with van der Waals surface area (Å²) in [6, 6.07) is 16.9. The molecule has 0 fully saturated rings. The lowest BCUT2D eigenvalue weighted by molar-refractivity contribution is 0.811. The number of rotatable bonds is 3. The van der Waals surface area contributed by atoms with Gasteiger partial charge in [0, 0.05) is 17.4 Å². The lowest BCUT2D eigenvalue weighted by Crippen LogP contribution is -2.40. The Morgan fingerprint density at radius 3 is 2.10 bits per heavy atom. The van der Waals surface area contributed by atoms with Crippen LogP contribution in [0.3, 0.4) is 0 Å². The summed E-state index contributed by atoms with van der Waals surface area (Å²) in [6.45, 7) is 8.47. The van der Waals surface area contributed by atoms with Gasteiger partial charge in [0.25, 0.3) is 0 Å². The molecule has 0 bridgehead atoms. The number of hydrogen-bond acceptors (Lipinski definition) is 1. The summed E-state index contributed by atoms with van der Waals surface area (Å²) >= 11 is 5.62. The van der Waals surface area contributed by atoms with E-state index in [2.05, 4.69) is 68.2 Å². The van der Waals surface area contributed by atoms with Crippen molar-refractivity contribution in [2.24, 2.45) is 0 Å². The van der Waals surface area contributed by atoms with Crippen LogP contribution in [0.15, 0.2) is 48.5 Å². The SMILES string of the molecule is Cc1cc(C)cc(NC(=S)N(c2ccccc2)C(C)C)c1. The Balaban J connectivity index is 2.24. The minimum Gasteiger partial charge on any atom is -0.332 e. The number of para-hydroxylation sites is 1. The number of nitrogens with one attached hydrogen (secondary N) is 1. The van der Waals surface area contributed by atoms with Crippen molar-refractivity contribution in [1.82, 2.24) is 0 Å². The predicted octanol–water partition coefficient (Wildman–Crippen LogP) is 4.92. The van der Waals surface area contributed by atoms with Gasteiger partial charge in [0.1, 0.15) is 0 Å². The number of hydrogen-bond donors (Lipinski definition) is 1. The Morgan fingerprint density at radius 2 is 1.57 bits per heavy atom. The third-order valence-electron chi connectivity index (χ3n) is 3.24. The third kappa shape index (κ3) is 4.05. The van der Waals surface area contributed by atoms with E-state index >= 15 is 0 Å². The summed E-state index contributed by atoms with van der Waals surface area (Å²) in [4.78, 5) is 2.13. The first-order valence-electron chi connectivity index (χ1n) is 7.21. The molecule has 0 unspecified atom stereocenters. The number of thiocarbonyl (C=S) groups is 1. The summed E-state index contributed by atoms with van der Waals surface area (Å²) in [7, 11) is 0. The molecule has 0 aliphatic rings. The molecule has 0 aliphatic carbocycles. The summed E-state index contributed by atoms with van der Waals surface area (Å²) in [6.07, 6.45) is 0. The first kappa shape index (κ1) is 15.5. The molecule has 21 heavy (non-hydrogen) atoms. The summed E-state index contributed by atoms with van der Waals surface area (Å²) in [5, 5.41) is 4.08. The van der Waals surface area contributed by atoms with Gasteiger partial charge in [-0.25, -0.2) is 0 Å². The number of nitrogens with zero attached hydrogens (tertiary/aromatic N) is 1. The van der Waals surface area contributed by atoms with Crippen molar-refractivity contribution in [1.29, 1.82) is 0 Å². The average Bonchev–Trinajstić information content (AvgIpc) is 2.38. The second-order valence-corrected chi connectivity index (χ2v) is 5.99. The molecular weight excluding hydrogens is 276 g/mol. The lowest BCUT2D eigenvalue weighted by Gasteiger charge is -2.30. The van der Waals surface area contributed by atoms with E-state index in [4.69, 9.17) is 12.2 Å². The van der Waals surface area contributed by atoms with E-state index in [0.29, 0.717) is 6.04 Å². The molecule has 0 amide bonds. The third-order valence-corrected chi connectivity index (χ3v) is 3.54. The molecule has 0 saturated carbocycles. The van der Waals surface area contributed by atoms with Gasteiger partial charge in [0.15, 0.2) is 5.11 Å². The Morgan fingerprint density at radius 1 is 1.00 bits per heavy atom. The number of aryl methyl sites for hydroxylation is 2. The van der Waals surface area contributed by atoms with Gasteiger partial charge in [-0.3, -0.25) is 0 Å². The molecule has 0 aliphatic heterocycles. The van der Waals surface area contributed by atoms with Gasteiger partial charge in [0.05, 0.1) is 0 Å². The van der Waals surface area contributed by atoms with Gasteiger partial charge >= 0.3 is 0 Å². The molecule has 2 nitrogen and oxygen atoms in total. The molecule has 0 aromatic heterocycles. The lowest BCUT2D eigenvalue weighted by atomic mass is 10.1. The largest absolute Gasteiger partial charge is 0.332 e. The van der Waals surface area contributed by atoms with Crippen LogP contribution in [0.2, 0.25) is 0 Å². The minimum absolute atomic E-state index is 0.290. The maximum absolute atomic E-state index is 5.62. The molecule has 0 heterocycles. The molecule has 0 radical (unpaired) electrons. The molecule has 0 atom stereocenters. The summed E-state index contributed by atoms with van der Waals surface area (Å²) < 4.78 is 0. The Bertz CT molecular complexity index is 600. The molecule has 110 valence electrons. The van der Waals surface area contributed by atoms with Crippen molar-refractivity contribution in [3.8, 4) is 0 Å². The van der Waals surface area contributed by atoms with Gasteiger partial charge in [-0.15, -0.1) is 0 Å². The van der Waals surface area contributed by atoms with Crippen LogP contribution in [0.4, 0.5) is 11.4 Å². The van der Waals surface area contributed by atoms with Crippen molar-refractivity contribution in [2.75, 3.05) is 10.2 Å². The van der Waals surface area contributed by atoms with Crippen molar-refractivity contribution in [3.05, 3.63) is 59.7 Å². The smallest absolute Gasteiger partial charge is 0.178 e. The van der Waals surface area contributed by atoms with E-state index in [9.17, 15) is 0 Å². The molecule has 3 heteroatoms. The van der Waals surface area contributed by atoms with E-state index < -0.39 is 0 Å². The van der Waals surface area contributed by atoms with Crippen molar-refractivity contribution < 1.29 is 0 Å². The van der Waals surface area contributed by atoms with E-state index in [0.717, 1.165) is 16.5 Å². The van der Waals surface area contributed by atoms with Crippen LogP contribution >= 0.6 is 12.2 Å². The molecular formula is C18H22N2S.